The first-order chi connectivity index (χ1) is 11.9. The van der Waals surface area contributed by atoms with Gasteiger partial charge in [0.2, 0.25) is 0 Å². The molecule has 1 fully saturated rings. The molecule has 1 heterocycles. The first kappa shape index (κ1) is 2.42. The Hall–Kier alpha value is -1.35. The summed E-state index contributed by atoms with van der Waals surface area (Å²) in [7, 11) is 0. The van der Waals surface area contributed by atoms with Crippen molar-refractivity contribution in [3.8, 4) is 0 Å². The quantitative estimate of drug-likeness (QED) is 0.730. The highest BCUT2D eigenvalue weighted by Crippen LogP contribution is 2.05. The summed E-state index contributed by atoms with van der Waals surface area (Å²) in [6.07, 6.45) is 0. The zero-order chi connectivity index (χ0) is 21.3. The molecule has 1 N–H and O–H groups in total. The van der Waals surface area contributed by atoms with E-state index in [2.05, 4.69) is 0 Å². The number of carbonyl (C=O) groups is 1. The van der Waals surface area contributed by atoms with Crippen LogP contribution in [0.1, 0.15) is 28.2 Å². The Labute approximate surface area is 102 Å². The molecule has 74 valence electrons. The van der Waals surface area contributed by atoms with E-state index in [1.54, 1.807) is 0 Å². The lowest BCUT2D eigenvalue weighted by atomic mass is 10.2. The summed E-state index contributed by atoms with van der Waals surface area (Å²) >= 11 is 0. The lowest BCUT2D eigenvalue weighted by molar-refractivity contribution is 0.0736. The first-order valence-electron chi connectivity index (χ1n) is 10.1. The Balaban J connectivity index is 2.81. The van der Waals surface area contributed by atoms with Gasteiger partial charge >= 0.3 is 0 Å². The fraction of sp³-hybridized carbons (Fsp3) is 0.364. The van der Waals surface area contributed by atoms with Crippen LogP contribution in [0.5, 0.6) is 0 Å². The molecule has 3 nitrogen and oxygen atoms in total. The molecule has 0 unspecified atom stereocenters. The summed E-state index contributed by atoms with van der Waals surface area (Å²) in [5, 5.41) is 1.53. The average Bonchev–Trinajstić information content (AvgIpc) is 2.48. The second-order valence-electron chi connectivity index (χ2n) is 2.24. The SMILES string of the molecule is [2H]c1c([2H])c([2H])c(C(=O)N2C([2H])([2H])C([2H])([2H])NC([2H])([2H])C2([2H])[2H])c([2H])c1[2H]. The highest BCUT2D eigenvalue weighted by atomic mass is 16.2. The van der Waals surface area contributed by atoms with Crippen LogP contribution in [-0.4, -0.2) is 36.8 Å². The number of amides is 1. The van der Waals surface area contributed by atoms with Crippen molar-refractivity contribution >= 4 is 5.91 Å². The first-order valence-corrected chi connectivity index (χ1v) is 3.62. The van der Waals surface area contributed by atoms with Gasteiger partial charge in [-0.15, -0.1) is 0 Å². The van der Waals surface area contributed by atoms with Gasteiger partial charge in [-0.1, -0.05) is 18.1 Å². The molecule has 0 saturated carbocycles. The van der Waals surface area contributed by atoms with Crippen LogP contribution < -0.4 is 5.32 Å². The van der Waals surface area contributed by atoms with Crippen molar-refractivity contribution in [2.75, 3.05) is 26.0 Å². The fourth-order valence-electron chi connectivity index (χ4n) is 0.797. The third kappa shape index (κ3) is 1.93. The summed E-state index contributed by atoms with van der Waals surface area (Å²) in [5.74, 6) is -1.78. The molecule has 1 aliphatic heterocycles. The van der Waals surface area contributed by atoms with E-state index in [0.717, 1.165) is 0 Å². The van der Waals surface area contributed by atoms with Gasteiger partial charge in [0.15, 0.2) is 0 Å². The van der Waals surface area contributed by atoms with E-state index >= 15 is 0 Å². The topological polar surface area (TPSA) is 32.3 Å². The van der Waals surface area contributed by atoms with Gasteiger partial charge in [-0.05, 0) is 12.1 Å². The van der Waals surface area contributed by atoms with Crippen molar-refractivity contribution in [2.24, 2.45) is 0 Å². The van der Waals surface area contributed by atoms with Crippen LogP contribution >= 0.6 is 0 Å². The molecule has 0 bridgehead atoms. The van der Waals surface area contributed by atoms with E-state index in [9.17, 15) is 4.79 Å². The molecule has 1 saturated heterocycles. The summed E-state index contributed by atoms with van der Waals surface area (Å²) in [4.78, 5) is 12.5. The molecule has 3 heteroatoms. The molecule has 0 radical (unpaired) electrons. The molecule has 1 amide bonds. The molecular weight excluding hydrogens is 176 g/mol. The van der Waals surface area contributed by atoms with Crippen LogP contribution in [0.15, 0.2) is 30.2 Å². The third-order valence-corrected chi connectivity index (χ3v) is 1.38. The van der Waals surface area contributed by atoms with Crippen LogP contribution in [0.2, 0.25) is 0 Å². The molecule has 1 aliphatic rings. The maximum Gasteiger partial charge on any atom is 0.253 e. The second kappa shape index (κ2) is 4.24. The van der Waals surface area contributed by atoms with E-state index in [4.69, 9.17) is 17.8 Å². The molecule has 0 aliphatic carbocycles. The van der Waals surface area contributed by atoms with E-state index in [1.807, 2.05) is 0 Å². The second-order valence-corrected chi connectivity index (χ2v) is 2.24. The van der Waals surface area contributed by atoms with Crippen LogP contribution in [0.25, 0.3) is 0 Å². The minimum Gasteiger partial charge on any atom is -0.336 e. The minimum atomic E-state index is -3.47. The van der Waals surface area contributed by atoms with Crippen molar-refractivity contribution in [1.29, 1.82) is 0 Å². The number of benzene rings is 1. The number of nitrogens with zero attached hydrogens (tertiary/aromatic N) is 1. The van der Waals surface area contributed by atoms with Gasteiger partial charge in [0.1, 0.15) is 0 Å². The smallest absolute Gasteiger partial charge is 0.253 e. The van der Waals surface area contributed by atoms with Gasteiger partial charge < -0.3 is 10.2 Å². The molecule has 0 spiro atoms. The van der Waals surface area contributed by atoms with Gasteiger partial charge in [-0.2, -0.15) is 0 Å². The van der Waals surface area contributed by atoms with Crippen LogP contribution in [0.3, 0.4) is 0 Å². The Morgan fingerprint density at radius 3 is 2.64 bits per heavy atom. The highest BCUT2D eigenvalue weighted by Gasteiger charge is 2.16. The van der Waals surface area contributed by atoms with Crippen molar-refractivity contribution in [1.82, 2.24) is 10.2 Å². The maximum atomic E-state index is 12.9. The Kier molecular flexibility index (Phi) is 0.732. The normalized spacial score (nSPS) is 44.6. The Morgan fingerprint density at radius 2 is 2.00 bits per heavy atom. The van der Waals surface area contributed by atoms with Gasteiger partial charge in [0.25, 0.3) is 5.91 Å². The molecule has 0 aromatic heterocycles. The third-order valence-electron chi connectivity index (χ3n) is 1.38. The zero-order valence-corrected chi connectivity index (χ0v) is 6.86. The van der Waals surface area contributed by atoms with Crippen LogP contribution in [-0.2, 0) is 0 Å². The monoisotopic (exact) mass is 203 g/mol. The standard InChI is InChI=1S/C11H14N2O/c14-11(10-4-2-1-3-5-10)13-8-6-12-7-9-13/h1-5,12H,6-9H2/i1D,2D,3D,4D,5D,6D2,7D2,8D2,9D2. The Morgan fingerprint density at radius 1 is 1.36 bits per heavy atom. The van der Waals surface area contributed by atoms with E-state index < -0.39 is 72.6 Å². The number of hydrogen-bond donors (Lipinski definition) is 1. The van der Waals surface area contributed by atoms with Gasteiger partial charge in [0.05, 0.1) is 12.3 Å². The zero-order valence-electron chi connectivity index (χ0n) is 19.9. The van der Waals surface area contributed by atoms with Crippen molar-refractivity contribution in [3.63, 3.8) is 0 Å². The molecular formula is C11H14N2O. The van der Waals surface area contributed by atoms with Crippen molar-refractivity contribution in [2.45, 2.75) is 0 Å². The number of nitrogens with one attached hydrogen (secondary N) is 1. The largest absolute Gasteiger partial charge is 0.336 e. The van der Waals surface area contributed by atoms with Crippen molar-refractivity contribution in [3.05, 3.63) is 35.8 Å². The molecule has 0 atom stereocenters. The van der Waals surface area contributed by atoms with Gasteiger partial charge in [0, 0.05) is 37.0 Å². The molecule has 1 aromatic rings. The van der Waals surface area contributed by atoms with E-state index in [-0.39, 0.29) is 0 Å². The predicted octanol–water partition coefficient (Wildman–Crippen LogP) is 0.732. The lowest BCUT2D eigenvalue weighted by Crippen LogP contribution is -2.46. The lowest BCUT2D eigenvalue weighted by Gasteiger charge is -2.27. The Bertz CT molecular complexity index is 766. The molecule has 14 heavy (non-hydrogen) atoms. The van der Waals surface area contributed by atoms with Crippen molar-refractivity contribution < 1.29 is 22.6 Å². The summed E-state index contributed by atoms with van der Waals surface area (Å²) in [5.41, 5.74) is -1.10. The van der Waals surface area contributed by atoms with Crippen LogP contribution in [0.4, 0.5) is 0 Å². The number of carbonyl (C=O) groups excluding carboxylic acids is 1. The summed E-state index contributed by atoms with van der Waals surface area (Å²) in [6, 6.07) is -4.78. The summed E-state index contributed by atoms with van der Waals surface area (Å²) < 4.78 is 100. The average molecular weight is 203 g/mol. The number of rotatable bonds is 1. The molecule has 1 aromatic carbocycles. The molecule has 2 rings (SSSR count). The fourth-order valence-corrected chi connectivity index (χ4v) is 0.797. The number of hydrogen-bond acceptors (Lipinski definition) is 2. The predicted molar refractivity (Wildman–Crippen MR) is 55.2 cm³/mol. The van der Waals surface area contributed by atoms with E-state index in [0.29, 0.717) is 0 Å². The van der Waals surface area contributed by atoms with E-state index in [1.165, 1.54) is 5.32 Å². The van der Waals surface area contributed by atoms with Gasteiger partial charge in [-0.3, -0.25) is 4.79 Å². The highest BCUT2D eigenvalue weighted by molar-refractivity contribution is 5.94. The summed E-state index contributed by atoms with van der Waals surface area (Å²) in [6.45, 7) is -13.5. The minimum absolute atomic E-state index is 0.398. The van der Waals surface area contributed by atoms with Gasteiger partial charge in [-0.25, -0.2) is 0 Å². The number of piperazine rings is 1. The maximum absolute atomic E-state index is 12.9. The van der Waals surface area contributed by atoms with Crippen LogP contribution in [0, 0.1) is 0 Å².